The predicted molar refractivity (Wildman–Crippen MR) is 48.9 cm³/mol. The number of rotatable bonds is 0. The van der Waals surface area contributed by atoms with Crippen LogP contribution in [0.2, 0.25) is 0 Å². The van der Waals surface area contributed by atoms with Gasteiger partial charge in [0, 0.05) is 10.6 Å². The molecule has 1 aliphatic rings. The molecule has 0 N–H and O–H groups in total. The number of hydrogen-bond donors (Lipinski definition) is 0. The van der Waals surface area contributed by atoms with E-state index >= 15 is 0 Å². The number of nitriles is 1. The van der Waals surface area contributed by atoms with Crippen LogP contribution >= 0.6 is 23.1 Å². The van der Waals surface area contributed by atoms with Gasteiger partial charge in [0.2, 0.25) is 0 Å². The van der Waals surface area contributed by atoms with Gasteiger partial charge in [-0.1, -0.05) is 0 Å². The quantitative estimate of drug-likeness (QED) is 0.613. The lowest BCUT2D eigenvalue weighted by molar-refractivity contribution is 1.13. The standard InChI is InChI=1S/C8H7NS2/c9-4-7-3-6-5-10-2-1-8(6)11-7/h3H,1-2,5H2. The zero-order chi connectivity index (χ0) is 7.68. The summed E-state index contributed by atoms with van der Waals surface area (Å²) in [6.07, 6.45) is 1.16. The number of nitrogens with zero attached hydrogens (tertiary/aromatic N) is 1. The Hall–Kier alpha value is -0.460. The molecule has 1 aliphatic heterocycles. The zero-order valence-electron chi connectivity index (χ0n) is 5.96. The van der Waals surface area contributed by atoms with E-state index in [1.165, 1.54) is 16.2 Å². The highest BCUT2D eigenvalue weighted by Crippen LogP contribution is 2.30. The molecule has 0 aromatic carbocycles. The Balaban J connectivity index is 2.42. The molecule has 1 nitrogen and oxygen atoms in total. The molecule has 2 heterocycles. The van der Waals surface area contributed by atoms with E-state index in [2.05, 4.69) is 6.07 Å². The molecule has 0 fully saturated rings. The second-order valence-corrected chi connectivity index (χ2v) is 4.72. The van der Waals surface area contributed by atoms with E-state index in [0.29, 0.717) is 0 Å². The van der Waals surface area contributed by atoms with Gasteiger partial charge in [-0.05, 0) is 23.8 Å². The summed E-state index contributed by atoms with van der Waals surface area (Å²) in [4.78, 5) is 2.30. The lowest BCUT2D eigenvalue weighted by Gasteiger charge is -2.08. The zero-order valence-corrected chi connectivity index (χ0v) is 7.60. The van der Waals surface area contributed by atoms with Gasteiger partial charge in [0.25, 0.3) is 0 Å². The summed E-state index contributed by atoms with van der Waals surface area (Å²) in [7, 11) is 0. The fourth-order valence-electron chi connectivity index (χ4n) is 1.20. The molecule has 11 heavy (non-hydrogen) atoms. The van der Waals surface area contributed by atoms with Gasteiger partial charge in [-0.25, -0.2) is 0 Å². The average molecular weight is 181 g/mol. The molecular formula is C8H7NS2. The first-order valence-electron chi connectivity index (χ1n) is 3.49. The van der Waals surface area contributed by atoms with Crippen LogP contribution in [-0.2, 0) is 12.2 Å². The van der Waals surface area contributed by atoms with E-state index in [9.17, 15) is 0 Å². The summed E-state index contributed by atoms with van der Waals surface area (Å²) in [6.45, 7) is 0. The number of fused-ring (bicyclic) bond motifs is 1. The maximum absolute atomic E-state index is 8.64. The van der Waals surface area contributed by atoms with Crippen molar-refractivity contribution in [2.24, 2.45) is 0 Å². The number of thiophene rings is 1. The van der Waals surface area contributed by atoms with E-state index in [-0.39, 0.29) is 0 Å². The largest absolute Gasteiger partial charge is 0.192 e. The molecule has 0 saturated heterocycles. The van der Waals surface area contributed by atoms with Gasteiger partial charge in [-0.3, -0.25) is 0 Å². The van der Waals surface area contributed by atoms with Gasteiger partial charge in [-0.2, -0.15) is 17.0 Å². The SMILES string of the molecule is N#Cc1cc2c(s1)CCSC2. The van der Waals surface area contributed by atoms with Gasteiger partial charge in [-0.15, -0.1) is 11.3 Å². The van der Waals surface area contributed by atoms with Gasteiger partial charge in [0.1, 0.15) is 10.9 Å². The summed E-state index contributed by atoms with van der Waals surface area (Å²) in [6, 6.07) is 4.23. The van der Waals surface area contributed by atoms with Crippen molar-refractivity contribution in [3.63, 3.8) is 0 Å². The highest BCUT2D eigenvalue weighted by Gasteiger charge is 2.12. The topological polar surface area (TPSA) is 23.8 Å². The summed E-state index contributed by atoms with van der Waals surface area (Å²) < 4.78 is 0. The van der Waals surface area contributed by atoms with Crippen LogP contribution < -0.4 is 0 Å². The van der Waals surface area contributed by atoms with Gasteiger partial charge >= 0.3 is 0 Å². The summed E-state index contributed by atoms with van der Waals surface area (Å²) in [5.41, 5.74) is 1.39. The van der Waals surface area contributed by atoms with E-state index < -0.39 is 0 Å². The van der Waals surface area contributed by atoms with Crippen LogP contribution in [0.15, 0.2) is 6.07 Å². The van der Waals surface area contributed by atoms with Gasteiger partial charge < -0.3 is 0 Å². The summed E-state index contributed by atoms with van der Waals surface area (Å²) in [5.74, 6) is 2.33. The molecule has 56 valence electrons. The van der Waals surface area contributed by atoms with Crippen molar-refractivity contribution >= 4 is 23.1 Å². The Labute approximate surface area is 74.0 Å². The Morgan fingerprint density at radius 3 is 3.18 bits per heavy atom. The number of aryl methyl sites for hydroxylation is 1. The first-order valence-corrected chi connectivity index (χ1v) is 5.46. The lowest BCUT2D eigenvalue weighted by Crippen LogP contribution is -1.96. The van der Waals surface area contributed by atoms with Crippen LogP contribution in [0.5, 0.6) is 0 Å². The molecule has 0 atom stereocenters. The van der Waals surface area contributed by atoms with Crippen molar-refractivity contribution in [1.82, 2.24) is 0 Å². The Morgan fingerprint density at radius 1 is 1.55 bits per heavy atom. The number of hydrogen-bond acceptors (Lipinski definition) is 3. The lowest BCUT2D eigenvalue weighted by atomic mass is 10.2. The second kappa shape index (κ2) is 2.88. The monoisotopic (exact) mass is 181 g/mol. The van der Waals surface area contributed by atoms with Crippen molar-refractivity contribution < 1.29 is 0 Å². The van der Waals surface area contributed by atoms with Crippen LogP contribution in [0, 0.1) is 11.3 Å². The molecule has 1 aromatic heterocycles. The minimum absolute atomic E-state index is 0.873. The van der Waals surface area contributed by atoms with E-state index in [1.54, 1.807) is 11.3 Å². The minimum Gasteiger partial charge on any atom is -0.192 e. The highest BCUT2D eigenvalue weighted by atomic mass is 32.2. The Kier molecular flexibility index (Phi) is 1.89. The Morgan fingerprint density at radius 2 is 2.45 bits per heavy atom. The molecule has 0 spiro atoms. The van der Waals surface area contributed by atoms with E-state index in [0.717, 1.165) is 17.1 Å². The number of thioether (sulfide) groups is 1. The molecule has 1 aromatic rings. The maximum Gasteiger partial charge on any atom is 0.110 e. The molecule has 2 rings (SSSR count). The third-order valence-electron chi connectivity index (χ3n) is 1.74. The third kappa shape index (κ3) is 1.29. The molecule has 3 heteroatoms. The molecule has 0 aliphatic carbocycles. The molecule has 0 bridgehead atoms. The van der Waals surface area contributed by atoms with Crippen molar-refractivity contribution in [3.8, 4) is 6.07 Å². The minimum atomic E-state index is 0.873. The van der Waals surface area contributed by atoms with E-state index in [4.69, 9.17) is 5.26 Å². The fraction of sp³-hybridized carbons (Fsp3) is 0.375. The smallest absolute Gasteiger partial charge is 0.110 e. The van der Waals surface area contributed by atoms with Crippen LogP contribution in [0.25, 0.3) is 0 Å². The summed E-state index contributed by atoms with van der Waals surface area (Å²) in [5, 5.41) is 8.64. The Bertz CT molecular complexity index is 285. The van der Waals surface area contributed by atoms with Crippen molar-refractivity contribution in [2.75, 3.05) is 5.75 Å². The van der Waals surface area contributed by atoms with Crippen LogP contribution in [0.1, 0.15) is 15.3 Å². The average Bonchev–Trinajstić information content (AvgIpc) is 2.46. The molecular weight excluding hydrogens is 174 g/mol. The first kappa shape index (κ1) is 7.20. The second-order valence-electron chi connectivity index (χ2n) is 2.47. The highest BCUT2D eigenvalue weighted by molar-refractivity contribution is 7.98. The maximum atomic E-state index is 8.64. The fourth-order valence-corrected chi connectivity index (χ4v) is 3.37. The van der Waals surface area contributed by atoms with Crippen molar-refractivity contribution in [1.29, 1.82) is 5.26 Å². The molecule has 0 radical (unpaired) electrons. The first-order chi connectivity index (χ1) is 5.40. The molecule has 0 amide bonds. The van der Waals surface area contributed by atoms with Crippen LogP contribution in [0.3, 0.4) is 0 Å². The van der Waals surface area contributed by atoms with Gasteiger partial charge in [0.05, 0.1) is 0 Å². The van der Waals surface area contributed by atoms with Crippen LogP contribution in [0.4, 0.5) is 0 Å². The van der Waals surface area contributed by atoms with Crippen molar-refractivity contribution in [2.45, 2.75) is 12.2 Å². The molecule has 0 unspecified atom stereocenters. The summed E-state index contributed by atoms with van der Waals surface area (Å²) >= 11 is 3.62. The van der Waals surface area contributed by atoms with Crippen molar-refractivity contribution in [3.05, 3.63) is 21.4 Å². The van der Waals surface area contributed by atoms with E-state index in [1.807, 2.05) is 17.8 Å². The predicted octanol–water partition coefficient (Wildman–Crippen LogP) is 2.41. The third-order valence-corrected chi connectivity index (χ3v) is 3.89. The molecule has 0 saturated carbocycles. The van der Waals surface area contributed by atoms with Crippen LogP contribution in [-0.4, -0.2) is 5.75 Å². The van der Waals surface area contributed by atoms with Gasteiger partial charge in [0.15, 0.2) is 0 Å². The normalized spacial score (nSPS) is 15.5.